The first kappa shape index (κ1) is 15.1. The van der Waals surface area contributed by atoms with E-state index in [2.05, 4.69) is 15.6 Å². The first-order valence-electron chi connectivity index (χ1n) is 6.64. The SMILES string of the molecule is NC(=S)C(C(=O)NCCCn1ccnn1)c1ccccc1. The van der Waals surface area contributed by atoms with Crippen molar-refractivity contribution in [1.29, 1.82) is 0 Å². The number of aryl methyl sites for hydroxylation is 1. The Kier molecular flexibility index (Phi) is 5.39. The second-order valence-corrected chi connectivity index (χ2v) is 5.03. The quantitative estimate of drug-likeness (QED) is 0.585. The van der Waals surface area contributed by atoms with E-state index in [4.69, 9.17) is 18.0 Å². The Balaban J connectivity index is 1.86. The summed E-state index contributed by atoms with van der Waals surface area (Å²) in [6.07, 6.45) is 4.16. The van der Waals surface area contributed by atoms with Crippen molar-refractivity contribution in [2.24, 2.45) is 5.73 Å². The molecule has 2 rings (SSSR count). The average Bonchev–Trinajstić information content (AvgIpc) is 2.98. The molecule has 0 saturated heterocycles. The molecular formula is C14H17N5OS. The molecule has 6 nitrogen and oxygen atoms in total. The lowest BCUT2D eigenvalue weighted by Crippen LogP contribution is -2.36. The van der Waals surface area contributed by atoms with Gasteiger partial charge in [-0.05, 0) is 12.0 Å². The third-order valence-corrected chi connectivity index (χ3v) is 3.25. The second-order valence-electron chi connectivity index (χ2n) is 4.56. The minimum atomic E-state index is -0.590. The molecule has 1 unspecified atom stereocenters. The van der Waals surface area contributed by atoms with Crippen LogP contribution in [-0.2, 0) is 11.3 Å². The zero-order valence-electron chi connectivity index (χ0n) is 11.5. The molecule has 1 amide bonds. The molecule has 1 aromatic heterocycles. The fraction of sp³-hybridized carbons (Fsp3) is 0.286. The van der Waals surface area contributed by atoms with Crippen LogP contribution < -0.4 is 11.1 Å². The number of carbonyl (C=O) groups is 1. The summed E-state index contributed by atoms with van der Waals surface area (Å²) in [6.45, 7) is 1.23. The van der Waals surface area contributed by atoms with E-state index in [0.29, 0.717) is 13.1 Å². The summed E-state index contributed by atoms with van der Waals surface area (Å²) in [5, 5.41) is 10.4. The number of aromatic nitrogens is 3. The number of hydrogen-bond donors (Lipinski definition) is 2. The van der Waals surface area contributed by atoms with Crippen LogP contribution >= 0.6 is 12.2 Å². The van der Waals surface area contributed by atoms with E-state index in [1.165, 1.54) is 0 Å². The van der Waals surface area contributed by atoms with Gasteiger partial charge >= 0.3 is 0 Å². The summed E-state index contributed by atoms with van der Waals surface area (Å²) >= 11 is 5.01. The van der Waals surface area contributed by atoms with Crippen LogP contribution in [0.4, 0.5) is 0 Å². The first-order chi connectivity index (χ1) is 10.2. The van der Waals surface area contributed by atoms with Crippen LogP contribution in [0.5, 0.6) is 0 Å². The Morgan fingerprint density at radius 1 is 1.38 bits per heavy atom. The van der Waals surface area contributed by atoms with E-state index >= 15 is 0 Å². The molecule has 1 aromatic carbocycles. The molecule has 0 aliphatic carbocycles. The zero-order valence-corrected chi connectivity index (χ0v) is 12.3. The predicted molar refractivity (Wildman–Crippen MR) is 83.6 cm³/mol. The lowest BCUT2D eigenvalue weighted by molar-refractivity contribution is -0.121. The smallest absolute Gasteiger partial charge is 0.234 e. The largest absolute Gasteiger partial charge is 0.392 e. The molecule has 7 heteroatoms. The molecular weight excluding hydrogens is 286 g/mol. The van der Waals surface area contributed by atoms with Crippen molar-refractivity contribution in [2.75, 3.05) is 6.54 Å². The lowest BCUT2D eigenvalue weighted by atomic mass is 9.98. The number of nitrogens with one attached hydrogen (secondary N) is 1. The van der Waals surface area contributed by atoms with E-state index < -0.39 is 5.92 Å². The van der Waals surface area contributed by atoms with Gasteiger partial charge in [0, 0.05) is 19.3 Å². The van der Waals surface area contributed by atoms with Crippen molar-refractivity contribution in [1.82, 2.24) is 20.3 Å². The molecule has 1 heterocycles. The summed E-state index contributed by atoms with van der Waals surface area (Å²) in [6, 6.07) is 9.30. The summed E-state index contributed by atoms with van der Waals surface area (Å²) in [5.74, 6) is -0.764. The summed E-state index contributed by atoms with van der Waals surface area (Å²) < 4.78 is 1.72. The van der Waals surface area contributed by atoms with Crippen molar-refractivity contribution in [3.63, 3.8) is 0 Å². The standard InChI is InChI=1S/C14H17N5OS/c15-13(21)12(11-5-2-1-3-6-11)14(20)16-7-4-9-19-10-8-17-18-19/h1-3,5-6,8,10,12H,4,7,9H2,(H2,15,21)(H,16,20). The number of rotatable bonds is 7. The van der Waals surface area contributed by atoms with Crippen LogP contribution in [0.1, 0.15) is 17.9 Å². The highest BCUT2D eigenvalue weighted by atomic mass is 32.1. The number of hydrogen-bond acceptors (Lipinski definition) is 4. The lowest BCUT2D eigenvalue weighted by Gasteiger charge is -2.15. The third-order valence-electron chi connectivity index (χ3n) is 3.01. The molecule has 0 bridgehead atoms. The summed E-state index contributed by atoms with van der Waals surface area (Å²) in [5.41, 5.74) is 6.50. The molecule has 3 N–H and O–H groups in total. The van der Waals surface area contributed by atoms with E-state index in [9.17, 15) is 4.79 Å². The fourth-order valence-electron chi connectivity index (χ4n) is 2.00. The average molecular weight is 303 g/mol. The molecule has 0 saturated carbocycles. The van der Waals surface area contributed by atoms with Crippen molar-refractivity contribution in [3.8, 4) is 0 Å². The summed E-state index contributed by atoms with van der Waals surface area (Å²) in [7, 11) is 0. The highest BCUT2D eigenvalue weighted by molar-refractivity contribution is 7.80. The highest BCUT2D eigenvalue weighted by Gasteiger charge is 2.22. The summed E-state index contributed by atoms with van der Waals surface area (Å²) in [4.78, 5) is 12.4. The number of benzene rings is 1. The van der Waals surface area contributed by atoms with Crippen molar-refractivity contribution < 1.29 is 4.79 Å². The predicted octanol–water partition coefficient (Wildman–Crippen LogP) is 0.854. The number of nitrogens with zero attached hydrogens (tertiary/aromatic N) is 3. The number of nitrogens with two attached hydrogens (primary N) is 1. The van der Waals surface area contributed by atoms with Gasteiger partial charge < -0.3 is 11.1 Å². The molecule has 1 atom stereocenters. The topological polar surface area (TPSA) is 85.8 Å². The van der Waals surface area contributed by atoms with E-state index in [0.717, 1.165) is 12.0 Å². The molecule has 110 valence electrons. The molecule has 0 aliphatic heterocycles. The van der Waals surface area contributed by atoms with Gasteiger partial charge in [-0.1, -0.05) is 47.8 Å². The van der Waals surface area contributed by atoms with Gasteiger partial charge in [-0.3, -0.25) is 9.48 Å². The van der Waals surface area contributed by atoms with Gasteiger partial charge in [-0.25, -0.2) is 0 Å². The normalized spacial score (nSPS) is 11.8. The minimum absolute atomic E-state index is 0.174. The van der Waals surface area contributed by atoms with Crippen molar-refractivity contribution in [3.05, 3.63) is 48.3 Å². The van der Waals surface area contributed by atoms with Crippen LogP contribution in [-0.4, -0.2) is 32.4 Å². The Hall–Kier alpha value is -2.28. The van der Waals surface area contributed by atoms with E-state index in [1.807, 2.05) is 30.3 Å². The van der Waals surface area contributed by atoms with E-state index in [1.54, 1.807) is 17.1 Å². The van der Waals surface area contributed by atoms with Crippen LogP contribution in [0.15, 0.2) is 42.7 Å². The first-order valence-corrected chi connectivity index (χ1v) is 7.05. The van der Waals surface area contributed by atoms with Gasteiger partial charge in [0.1, 0.15) is 5.92 Å². The maximum atomic E-state index is 12.2. The van der Waals surface area contributed by atoms with Gasteiger partial charge in [0.15, 0.2) is 0 Å². The van der Waals surface area contributed by atoms with Gasteiger partial charge in [-0.2, -0.15) is 0 Å². The molecule has 0 fully saturated rings. The molecule has 0 spiro atoms. The molecule has 2 aromatic rings. The Labute approximate surface area is 128 Å². The van der Waals surface area contributed by atoms with Crippen LogP contribution in [0.3, 0.4) is 0 Å². The molecule has 21 heavy (non-hydrogen) atoms. The Morgan fingerprint density at radius 2 is 2.14 bits per heavy atom. The maximum absolute atomic E-state index is 12.2. The number of amides is 1. The second kappa shape index (κ2) is 7.49. The van der Waals surface area contributed by atoms with Crippen LogP contribution in [0, 0.1) is 0 Å². The number of carbonyl (C=O) groups excluding carboxylic acids is 1. The zero-order chi connectivity index (χ0) is 15.1. The van der Waals surface area contributed by atoms with Gasteiger partial charge in [0.05, 0.1) is 11.2 Å². The van der Waals surface area contributed by atoms with Gasteiger partial charge in [0.25, 0.3) is 0 Å². The van der Waals surface area contributed by atoms with Crippen LogP contribution in [0.2, 0.25) is 0 Å². The molecule has 0 radical (unpaired) electrons. The maximum Gasteiger partial charge on any atom is 0.234 e. The van der Waals surface area contributed by atoms with Crippen molar-refractivity contribution in [2.45, 2.75) is 18.9 Å². The third kappa shape index (κ3) is 4.35. The highest BCUT2D eigenvalue weighted by Crippen LogP contribution is 2.16. The fourth-order valence-corrected chi connectivity index (χ4v) is 2.24. The minimum Gasteiger partial charge on any atom is -0.392 e. The Bertz CT molecular complexity index is 585. The van der Waals surface area contributed by atoms with Crippen molar-refractivity contribution >= 4 is 23.1 Å². The number of thiocarbonyl (C=S) groups is 1. The monoisotopic (exact) mass is 303 g/mol. The van der Waals surface area contributed by atoms with Gasteiger partial charge in [0.2, 0.25) is 5.91 Å². The molecule has 0 aliphatic rings. The Morgan fingerprint density at radius 3 is 2.76 bits per heavy atom. The van der Waals surface area contributed by atoms with E-state index in [-0.39, 0.29) is 10.9 Å². The van der Waals surface area contributed by atoms with Crippen LogP contribution in [0.25, 0.3) is 0 Å². The van der Waals surface area contributed by atoms with Gasteiger partial charge in [-0.15, -0.1) is 5.10 Å².